The number of rotatable bonds is 1. The lowest BCUT2D eigenvalue weighted by molar-refractivity contribution is 0.552. The molecule has 2 aliphatic rings. The zero-order valence-electron chi connectivity index (χ0n) is 5.76. The van der Waals surface area contributed by atoms with Crippen LogP contribution in [0.25, 0.3) is 0 Å². The molecule has 0 aliphatic carbocycles. The summed E-state index contributed by atoms with van der Waals surface area (Å²) in [6, 6.07) is 0. The minimum absolute atomic E-state index is 0.953. The number of hydrogen-bond acceptors (Lipinski definition) is 1. The molecule has 0 amide bonds. The van der Waals surface area contributed by atoms with Gasteiger partial charge in [0.2, 0.25) is 0 Å². The van der Waals surface area contributed by atoms with Crippen molar-refractivity contribution < 1.29 is 0 Å². The lowest BCUT2D eigenvalue weighted by Crippen LogP contribution is -2.02. The standard InChI is InChI=1S/C8H12S/c1-2-6-5-7-3-4-8(6)9-7/h4,6-7H,2-3,5H2,1H3. The molecular weight excluding hydrogens is 128 g/mol. The Bertz CT molecular complexity index is 149. The molecule has 0 saturated carbocycles. The topological polar surface area (TPSA) is 0 Å². The molecule has 0 aromatic rings. The summed E-state index contributed by atoms with van der Waals surface area (Å²) in [6.45, 7) is 2.30. The molecule has 2 atom stereocenters. The van der Waals surface area contributed by atoms with Gasteiger partial charge in [0, 0.05) is 5.25 Å². The van der Waals surface area contributed by atoms with Crippen LogP contribution in [0.1, 0.15) is 26.2 Å². The monoisotopic (exact) mass is 140 g/mol. The molecule has 0 spiro atoms. The third-order valence-electron chi connectivity index (χ3n) is 2.33. The molecular formula is C8H12S. The van der Waals surface area contributed by atoms with E-state index >= 15 is 0 Å². The summed E-state index contributed by atoms with van der Waals surface area (Å²) in [5.74, 6) is 0.953. The van der Waals surface area contributed by atoms with Crippen molar-refractivity contribution in [1.82, 2.24) is 0 Å². The van der Waals surface area contributed by atoms with Crippen molar-refractivity contribution >= 4 is 11.8 Å². The first-order valence-corrected chi connectivity index (χ1v) is 4.65. The minimum atomic E-state index is 0.953. The van der Waals surface area contributed by atoms with Crippen LogP contribution in [0.5, 0.6) is 0 Å². The van der Waals surface area contributed by atoms with E-state index in [0.717, 1.165) is 11.2 Å². The fraction of sp³-hybridized carbons (Fsp3) is 0.750. The average Bonchev–Trinajstić information content (AvgIpc) is 2.45. The maximum Gasteiger partial charge on any atom is 0.0132 e. The summed E-state index contributed by atoms with van der Waals surface area (Å²) >= 11 is 2.13. The van der Waals surface area contributed by atoms with E-state index in [9.17, 15) is 0 Å². The Kier molecular flexibility index (Phi) is 1.33. The van der Waals surface area contributed by atoms with Crippen LogP contribution in [0.4, 0.5) is 0 Å². The van der Waals surface area contributed by atoms with Gasteiger partial charge in [-0.25, -0.2) is 0 Å². The lowest BCUT2D eigenvalue weighted by Gasteiger charge is -2.09. The van der Waals surface area contributed by atoms with Crippen LogP contribution < -0.4 is 0 Å². The van der Waals surface area contributed by atoms with Crippen molar-refractivity contribution in [3.05, 3.63) is 11.0 Å². The Balaban J connectivity index is 2.15. The molecule has 1 fully saturated rings. The highest BCUT2D eigenvalue weighted by Gasteiger charge is 2.32. The molecule has 0 aromatic heterocycles. The molecule has 2 aliphatic heterocycles. The van der Waals surface area contributed by atoms with Gasteiger partial charge in [0.15, 0.2) is 0 Å². The first-order chi connectivity index (χ1) is 4.40. The second-order valence-corrected chi connectivity index (χ2v) is 4.30. The first kappa shape index (κ1) is 5.84. The van der Waals surface area contributed by atoms with Crippen molar-refractivity contribution in [1.29, 1.82) is 0 Å². The summed E-state index contributed by atoms with van der Waals surface area (Å²) in [6.07, 6.45) is 6.62. The number of thioether (sulfide) groups is 1. The molecule has 9 heavy (non-hydrogen) atoms. The van der Waals surface area contributed by atoms with E-state index in [4.69, 9.17) is 0 Å². The van der Waals surface area contributed by atoms with Crippen molar-refractivity contribution in [2.45, 2.75) is 31.4 Å². The minimum Gasteiger partial charge on any atom is -0.127 e. The van der Waals surface area contributed by atoms with Crippen molar-refractivity contribution in [3.63, 3.8) is 0 Å². The molecule has 0 N–H and O–H groups in total. The Morgan fingerprint density at radius 1 is 1.78 bits per heavy atom. The first-order valence-electron chi connectivity index (χ1n) is 3.77. The summed E-state index contributed by atoms with van der Waals surface area (Å²) in [4.78, 5) is 1.70. The molecule has 1 heteroatoms. The van der Waals surface area contributed by atoms with E-state index in [1.54, 1.807) is 4.91 Å². The van der Waals surface area contributed by atoms with E-state index < -0.39 is 0 Å². The van der Waals surface area contributed by atoms with Gasteiger partial charge in [0.1, 0.15) is 0 Å². The SMILES string of the molecule is CCC1CC2CC=C1S2. The zero-order valence-corrected chi connectivity index (χ0v) is 6.58. The quantitative estimate of drug-likeness (QED) is 0.539. The fourth-order valence-electron chi connectivity index (χ4n) is 1.74. The second kappa shape index (κ2) is 2.05. The molecule has 2 bridgehead atoms. The summed E-state index contributed by atoms with van der Waals surface area (Å²) < 4.78 is 0. The van der Waals surface area contributed by atoms with Crippen LogP contribution in [-0.2, 0) is 0 Å². The van der Waals surface area contributed by atoms with Crippen LogP contribution in [-0.4, -0.2) is 5.25 Å². The summed E-state index contributed by atoms with van der Waals surface area (Å²) in [5.41, 5.74) is 0. The van der Waals surface area contributed by atoms with E-state index in [-0.39, 0.29) is 0 Å². The van der Waals surface area contributed by atoms with Gasteiger partial charge in [0.25, 0.3) is 0 Å². The maximum absolute atomic E-state index is 2.44. The number of fused-ring (bicyclic) bond motifs is 2. The van der Waals surface area contributed by atoms with Gasteiger partial charge in [-0.1, -0.05) is 13.0 Å². The van der Waals surface area contributed by atoms with Gasteiger partial charge in [-0.2, -0.15) is 0 Å². The highest BCUT2D eigenvalue weighted by Crippen LogP contribution is 2.49. The van der Waals surface area contributed by atoms with E-state index in [0.29, 0.717) is 0 Å². The maximum atomic E-state index is 2.44. The molecule has 50 valence electrons. The van der Waals surface area contributed by atoms with Crippen LogP contribution in [0.2, 0.25) is 0 Å². The molecule has 2 heterocycles. The number of hydrogen-bond donors (Lipinski definition) is 0. The molecule has 0 radical (unpaired) electrons. The highest BCUT2D eigenvalue weighted by atomic mass is 32.2. The predicted molar refractivity (Wildman–Crippen MR) is 42.5 cm³/mol. The second-order valence-electron chi connectivity index (χ2n) is 2.92. The third kappa shape index (κ3) is 0.823. The van der Waals surface area contributed by atoms with Crippen LogP contribution in [0, 0.1) is 5.92 Å². The van der Waals surface area contributed by atoms with Crippen molar-refractivity contribution in [2.75, 3.05) is 0 Å². The fourth-order valence-corrected chi connectivity index (χ4v) is 3.30. The van der Waals surface area contributed by atoms with Crippen LogP contribution in [0.3, 0.4) is 0 Å². The molecule has 0 aromatic carbocycles. The average molecular weight is 140 g/mol. The van der Waals surface area contributed by atoms with E-state index in [1.807, 2.05) is 0 Å². The number of allylic oxidation sites excluding steroid dienone is 2. The van der Waals surface area contributed by atoms with Gasteiger partial charge >= 0.3 is 0 Å². The van der Waals surface area contributed by atoms with Gasteiger partial charge in [-0.05, 0) is 30.1 Å². The lowest BCUT2D eigenvalue weighted by atomic mass is 9.94. The van der Waals surface area contributed by atoms with Crippen LogP contribution >= 0.6 is 11.8 Å². The van der Waals surface area contributed by atoms with Gasteiger partial charge < -0.3 is 0 Å². The third-order valence-corrected chi connectivity index (χ3v) is 3.82. The molecule has 1 saturated heterocycles. The van der Waals surface area contributed by atoms with Crippen LogP contribution in [0.15, 0.2) is 11.0 Å². The Hall–Kier alpha value is 0.0900. The Morgan fingerprint density at radius 3 is 3.00 bits per heavy atom. The largest absolute Gasteiger partial charge is 0.127 e. The van der Waals surface area contributed by atoms with E-state index in [1.165, 1.54) is 19.3 Å². The highest BCUT2D eigenvalue weighted by molar-refractivity contribution is 8.04. The van der Waals surface area contributed by atoms with Gasteiger partial charge in [-0.3, -0.25) is 0 Å². The molecule has 2 rings (SSSR count). The molecule has 2 unspecified atom stereocenters. The smallest absolute Gasteiger partial charge is 0.0132 e. The van der Waals surface area contributed by atoms with Gasteiger partial charge in [0.05, 0.1) is 0 Å². The Labute approximate surface area is 60.7 Å². The zero-order chi connectivity index (χ0) is 6.27. The normalized spacial score (nSPS) is 39.4. The van der Waals surface area contributed by atoms with Crippen molar-refractivity contribution in [3.8, 4) is 0 Å². The van der Waals surface area contributed by atoms with Gasteiger partial charge in [-0.15, -0.1) is 11.8 Å². The Morgan fingerprint density at radius 2 is 2.67 bits per heavy atom. The van der Waals surface area contributed by atoms with E-state index in [2.05, 4.69) is 24.8 Å². The predicted octanol–water partition coefficient (Wildman–Crippen LogP) is 2.81. The summed E-state index contributed by atoms with van der Waals surface area (Å²) in [5, 5.41) is 0.977. The van der Waals surface area contributed by atoms with Crippen molar-refractivity contribution in [2.24, 2.45) is 5.92 Å². The molecule has 0 nitrogen and oxygen atoms in total. The summed E-state index contributed by atoms with van der Waals surface area (Å²) in [7, 11) is 0.